The lowest BCUT2D eigenvalue weighted by Crippen LogP contribution is -2.60. The molecule has 10 heteroatoms. The van der Waals surface area contributed by atoms with Gasteiger partial charge in [0.1, 0.15) is 12.7 Å². The highest BCUT2D eigenvalue weighted by atomic mass is 16.9. The topological polar surface area (TPSA) is 116 Å². The van der Waals surface area contributed by atoms with E-state index in [9.17, 15) is 14.4 Å². The molecule has 10 nitrogen and oxygen atoms in total. The smallest absolute Gasteiger partial charge is 0.303 e. The summed E-state index contributed by atoms with van der Waals surface area (Å²) >= 11 is 0. The molecule has 3 rings (SSSR count). The average Bonchev–Trinajstić information content (AvgIpc) is 3.03. The van der Waals surface area contributed by atoms with E-state index >= 15 is 0 Å². The molecule has 1 aromatic carbocycles. The first kappa shape index (κ1) is 23.1. The van der Waals surface area contributed by atoms with Crippen molar-refractivity contribution in [2.45, 2.75) is 71.0 Å². The Labute approximate surface area is 179 Å². The quantitative estimate of drug-likeness (QED) is 0.457. The van der Waals surface area contributed by atoms with Crippen LogP contribution >= 0.6 is 0 Å². The maximum absolute atomic E-state index is 11.8. The fourth-order valence-electron chi connectivity index (χ4n) is 3.43. The van der Waals surface area contributed by atoms with Crippen LogP contribution in [0, 0.1) is 0 Å². The highest BCUT2D eigenvalue weighted by molar-refractivity contribution is 5.67. The van der Waals surface area contributed by atoms with Crippen molar-refractivity contribution in [1.29, 1.82) is 0 Å². The molecular formula is C21H26O10. The maximum Gasteiger partial charge on any atom is 0.303 e. The zero-order valence-corrected chi connectivity index (χ0v) is 17.8. The van der Waals surface area contributed by atoms with Gasteiger partial charge in [0.25, 0.3) is 5.97 Å². The van der Waals surface area contributed by atoms with Crippen LogP contribution in [-0.2, 0) is 54.1 Å². The molecule has 0 bridgehead atoms. The second-order valence-electron chi connectivity index (χ2n) is 7.33. The molecule has 0 spiro atoms. The van der Waals surface area contributed by atoms with Crippen molar-refractivity contribution in [1.82, 2.24) is 0 Å². The Morgan fingerprint density at radius 2 is 1.58 bits per heavy atom. The summed E-state index contributed by atoms with van der Waals surface area (Å²) in [5.41, 5.74) is 0.897. The lowest BCUT2D eigenvalue weighted by atomic mass is 9.98. The SMILES string of the molecule is CC(=O)OC[C@H]1OC2OC(C)(OCc3ccccc3)O[C@@H]2[C@@H](OC(C)=O)[C@@H]1OC(C)=O. The molecule has 2 aliphatic rings. The average molecular weight is 438 g/mol. The van der Waals surface area contributed by atoms with Gasteiger partial charge >= 0.3 is 17.9 Å². The minimum absolute atomic E-state index is 0.194. The van der Waals surface area contributed by atoms with Crippen molar-refractivity contribution in [3.05, 3.63) is 35.9 Å². The predicted octanol–water partition coefficient (Wildman–Crippen LogP) is 1.44. The molecule has 2 aliphatic heterocycles. The number of ether oxygens (including phenoxy) is 7. The van der Waals surface area contributed by atoms with Gasteiger partial charge < -0.3 is 28.4 Å². The van der Waals surface area contributed by atoms with E-state index in [-0.39, 0.29) is 13.2 Å². The summed E-state index contributed by atoms with van der Waals surface area (Å²) < 4.78 is 39.2. The standard InChI is InChI=1S/C21H26O10/c1-12(22)25-11-16-17(27-13(2)23)18(28-14(3)24)19-20(29-16)31-21(4,30-19)26-10-15-8-6-5-7-9-15/h5-9,16-20H,10-11H2,1-4H3/t16-,17-,18+,19-,20?,21?/m1/s1. The van der Waals surface area contributed by atoms with E-state index in [0.29, 0.717) is 0 Å². The molecular weight excluding hydrogens is 412 g/mol. The molecule has 6 atom stereocenters. The molecule has 2 heterocycles. The zero-order valence-electron chi connectivity index (χ0n) is 17.8. The highest BCUT2D eigenvalue weighted by Crippen LogP contribution is 2.39. The van der Waals surface area contributed by atoms with Gasteiger partial charge in [0.05, 0.1) is 6.61 Å². The summed E-state index contributed by atoms with van der Waals surface area (Å²) in [6.45, 7) is 5.18. The van der Waals surface area contributed by atoms with Crippen LogP contribution in [0.4, 0.5) is 0 Å². The second kappa shape index (κ2) is 9.73. The van der Waals surface area contributed by atoms with E-state index in [0.717, 1.165) is 5.56 Å². The minimum atomic E-state index is -1.51. The number of esters is 3. The van der Waals surface area contributed by atoms with Crippen molar-refractivity contribution in [2.24, 2.45) is 0 Å². The van der Waals surface area contributed by atoms with Crippen molar-refractivity contribution >= 4 is 17.9 Å². The number of benzene rings is 1. The van der Waals surface area contributed by atoms with Gasteiger partial charge in [-0.2, -0.15) is 0 Å². The first-order valence-corrected chi connectivity index (χ1v) is 9.83. The van der Waals surface area contributed by atoms with Crippen molar-refractivity contribution in [3.8, 4) is 0 Å². The summed E-state index contributed by atoms with van der Waals surface area (Å²) in [4.78, 5) is 34.7. The molecule has 170 valence electrons. The van der Waals surface area contributed by atoms with E-state index in [1.165, 1.54) is 20.8 Å². The molecule has 0 N–H and O–H groups in total. The van der Waals surface area contributed by atoms with Gasteiger partial charge in [0.15, 0.2) is 24.6 Å². The lowest BCUT2D eigenvalue weighted by Gasteiger charge is -2.40. The third-order valence-corrected chi connectivity index (χ3v) is 4.67. The van der Waals surface area contributed by atoms with E-state index in [2.05, 4.69) is 0 Å². The molecule has 2 saturated heterocycles. The molecule has 0 aliphatic carbocycles. The van der Waals surface area contributed by atoms with Crippen molar-refractivity contribution in [2.75, 3.05) is 6.61 Å². The maximum atomic E-state index is 11.8. The minimum Gasteiger partial charge on any atom is -0.463 e. The van der Waals surface area contributed by atoms with E-state index in [4.69, 9.17) is 33.2 Å². The molecule has 2 fully saturated rings. The van der Waals surface area contributed by atoms with Gasteiger partial charge in [-0.15, -0.1) is 0 Å². The van der Waals surface area contributed by atoms with E-state index < -0.39 is 54.6 Å². The van der Waals surface area contributed by atoms with Crippen LogP contribution in [0.1, 0.15) is 33.3 Å². The van der Waals surface area contributed by atoms with Crippen LogP contribution < -0.4 is 0 Å². The van der Waals surface area contributed by atoms with Gasteiger partial charge in [-0.25, -0.2) is 0 Å². The number of fused-ring (bicyclic) bond motifs is 1. The number of carbonyl (C=O) groups excluding carboxylic acids is 3. The summed E-state index contributed by atoms with van der Waals surface area (Å²) in [6, 6.07) is 9.41. The molecule has 0 amide bonds. The second-order valence-corrected chi connectivity index (χ2v) is 7.33. The van der Waals surface area contributed by atoms with Crippen LogP contribution in [0.3, 0.4) is 0 Å². The molecule has 0 saturated carbocycles. The number of carbonyl (C=O) groups is 3. The van der Waals surface area contributed by atoms with Crippen LogP contribution in [0.5, 0.6) is 0 Å². The molecule has 1 aromatic rings. The van der Waals surface area contributed by atoms with Crippen LogP contribution in [0.25, 0.3) is 0 Å². The fourth-order valence-corrected chi connectivity index (χ4v) is 3.43. The Balaban J connectivity index is 1.80. The number of rotatable bonds is 7. The Hall–Kier alpha value is -2.53. The summed E-state index contributed by atoms with van der Waals surface area (Å²) in [5, 5.41) is 0. The zero-order chi connectivity index (χ0) is 22.6. The lowest BCUT2D eigenvalue weighted by molar-refractivity contribution is -0.349. The van der Waals surface area contributed by atoms with Crippen LogP contribution in [-0.4, -0.2) is 61.2 Å². The number of hydrogen-bond acceptors (Lipinski definition) is 10. The van der Waals surface area contributed by atoms with E-state index in [1.54, 1.807) is 6.92 Å². The van der Waals surface area contributed by atoms with Gasteiger partial charge in [-0.05, 0) is 5.56 Å². The van der Waals surface area contributed by atoms with Gasteiger partial charge in [0, 0.05) is 27.7 Å². The Kier molecular flexibility index (Phi) is 7.26. The first-order valence-electron chi connectivity index (χ1n) is 9.83. The highest BCUT2D eigenvalue weighted by Gasteiger charge is 2.59. The molecule has 2 unspecified atom stereocenters. The monoisotopic (exact) mass is 438 g/mol. The van der Waals surface area contributed by atoms with Crippen LogP contribution in [0.2, 0.25) is 0 Å². The van der Waals surface area contributed by atoms with Crippen molar-refractivity contribution < 1.29 is 47.5 Å². The largest absolute Gasteiger partial charge is 0.463 e. The molecule has 0 radical (unpaired) electrons. The van der Waals surface area contributed by atoms with E-state index in [1.807, 2.05) is 30.3 Å². The predicted molar refractivity (Wildman–Crippen MR) is 102 cm³/mol. The number of hydrogen-bond donors (Lipinski definition) is 0. The molecule has 0 aromatic heterocycles. The van der Waals surface area contributed by atoms with Crippen molar-refractivity contribution in [3.63, 3.8) is 0 Å². The third kappa shape index (κ3) is 6.01. The first-order chi connectivity index (χ1) is 14.7. The van der Waals surface area contributed by atoms with Crippen LogP contribution in [0.15, 0.2) is 30.3 Å². The summed E-state index contributed by atoms with van der Waals surface area (Å²) in [5.74, 6) is -3.30. The van der Waals surface area contributed by atoms with Gasteiger partial charge in [-0.1, -0.05) is 30.3 Å². The normalized spacial score (nSPS) is 32.1. The Morgan fingerprint density at radius 1 is 0.935 bits per heavy atom. The van der Waals surface area contributed by atoms with Gasteiger partial charge in [-0.3, -0.25) is 19.1 Å². The van der Waals surface area contributed by atoms with Gasteiger partial charge in [0.2, 0.25) is 0 Å². The molecule has 31 heavy (non-hydrogen) atoms. The summed E-state index contributed by atoms with van der Waals surface area (Å²) in [6.07, 6.45) is -5.05. The summed E-state index contributed by atoms with van der Waals surface area (Å²) in [7, 11) is 0. The third-order valence-electron chi connectivity index (χ3n) is 4.67. The Bertz CT molecular complexity index is 797. The Morgan fingerprint density at radius 3 is 2.19 bits per heavy atom. The fraction of sp³-hybridized carbons (Fsp3) is 0.571.